The van der Waals surface area contributed by atoms with Crippen LogP contribution in [0.1, 0.15) is 5.82 Å². The van der Waals surface area contributed by atoms with E-state index in [4.69, 9.17) is 0 Å². The van der Waals surface area contributed by atoms with Crippen LogP contribution in [0.2, 0.25) is 0 Å². The van der Waals surface area contributed by atoms with Crippen molar-refractivity contribution in [2.75, 3.05) is 11.9 Å². The van der Waals surface area contributed by atoms with E-state index in [9.17, 15) is 0 Å². The average Bonchev–Trinajstić information content (AvgIpc) is 2.68. The number of nitrogens with zero attached hydrogens (tertiary/aromatic N) is 4. The molecule has 1 N–H and O–H groups in total. The van der Waals surface area contributed by atoms with Crippen molar-refractivity contribution >= 4 is 21.9 Å². The fourth-order valence-corrected chi connectivity index (χ4v) is 1.53. The summed E-state index contributed by atoms with van der Waals surface area (Å²) in [6, 6.07) is 0. The lowest BCUT2D eigenvalue weighted by atomic mass is 10.4. The van der Waals surface area contributed by atoms with E-state index in [-0.39, 0.29) is 0 Å². The maximum atomic E-state index is 4.24. The van der Waals surface area contributed by atoms with E-state index in [1.807, 2.05) is 17.8 Å². The fraction of sp³-hybridized carbons (Fsp3) is 0.300. The predicted octanol–water partition coefficient (Wildman–Crippen LogP) is 1.63. The van der Waals surface area contributed by atoms with Crippen LogP contribution in [-0.4, -0.2) is 26.1 Å². The summed E-state index contributed by atoms with van der Waals surface area (Å²) in [4.78, 5) is 12.5. The standard InChI is InChI=1S/C10H12BrN5/c1-16-5-4-12-9(16)2-3-13-10-14-6-8(11)7-15-10/h4-7H,2-3H2,1H3,(H,13,14,15). The Kier molecular flexibility index (Phi) is 3.51. The summed E-state index contributed by atoms with van der Waals surface area (Å²) in [6.45, 7) is 0.770. The first kappa shape index (κ1) is 11.1. The summed E-state index contributed by atoms with van der Waals surface area (Å²) in [5, 5.41) is 3.14. The molecule has 0 bridgehead atoms. The Hall–Kier alpha value is -1.43. The molecule has 16 heavy (non-hydrogen) atoms. The van der Waals surface area contributed by atoms with Gasteiger partial charge in [-0.3, -0.25) is 0 Å². The Labute approximate surface area is 102 Å². The lowest BCUT2D eigenvalue weighted by Crippen LogP contribution is -2.10. The third-order valence-corrected chi connectivity index (χ3v) is 2.58. The normalized spacial score (nSPS) is 10.4. The maximum Gasteiger partial charge on any atom is 0.222 e. The first-order valence-electron chi connectivity index (χ1n) is 4.93. The molecule has 0 aliphatic heterocycles. The van der Waals surface area contributed by atoms with E-state index in [0.717, 1.165) is 23.3 Å². The molecule has 0 spiro atoms. The zero-order valence-corrected chi connectivity index (χ0v) is 10.5. The lowest BCUT2D eigenvalue weighted by molar-refractivity contribution is 0.787. The molecule has 2 heterocycles. The Balaban J connectivity index is 1.84. The molecule has 0 radical (unpaired) electrons. The molecule has 0 aliphatic carbocycles. The summed E-state index contributed by atoms with van der Waals surface area (Å²) in [5.41, 5.74) is 0. The predicted molar refractivity (Wildman–Crippen MR) is 65.1 cm³/mol. The van der Waals surface area contributed by atoms with Crippen LogP contribution in [-0.2, 0) is 13.5 Å². The van der Waals surface area contributed by atoms with Gasteiger partial charge in [0.25, 0.3) is 0 Å². The van der Waals surface area contributed by atoms with Crippen LogP contribution in [0.15, 0.2) is 29.3 Å². The molecule has 0 atom stereocenters. The van der Waals surface area contributed by atoms with E-state index in [1.54, 1.807) is 18.6 Å². The van der Waals surface area contributed by atoms with Gasteiger partial charge in [-0.25, -0.2) is 15.0 Å². The van der Waals surface area contributed by atoms with Gasteiger partial charge >= 0.3 is 0 Å². The minimum atomic E-state index is 0.636. The van der Waals surface area contributed by atoms with Crippen LogP contribution in [0.4, 0.5) is 5.95 Å². The van der Waals surface area contributed by atoms with Crippen molar-refractivity contribution in [2.45, 2.75) is 6.42 Å². The number of rotatable bonds is 4. The number of anilines is 1. The molecule has 0 amide bonds. The quantitative estimate of drug-likeness (QED) is 0.926. The van der Waals surface area contributed by atoms with Crippen LogP contribution in [0, 0.1) is 0 Å². The molecule has 0 unspecified atom stereocenters. The smallest absolute Gasteiger partial charge is 0.222 e. The highest BCUT2D eigenvalue weighted by Gasteiger charge is 1.99. The SMILES string of the molecule is Cn1ccnc1CCNc1ncc(Br)cn1. The van der Waals surface area contributed by atoms with Gasteiger partial charge < -0.3 is 9.88 Å². The summed E-state index contributed by atoms with van der Waals surface area (Å²) in [5.74, 6) is 1.68. The number of hydrogen-bond donors (Lipinski definition) is 1. The number of halogens is 1. The summed E-state index contributed by atoms with van der Waals surface area (Å²) >= 11 is 3.29. The third kappa shape index (κ3) is 2.79. The van der Waals surface area contributed by atoms with Crippen molar-refractivity contribution in [1.29, 1.82) is 0 Å². The van der Waals surface area contributed by atoms with Gasteiger partial charge in [0.15, 0.2) is 0 Å². The Morgan fingerprint density at radius 3 is 2.69 bits per heavy atom. The Morgan fingerprint density at radius 1 is 1.31 bits per heavy atom. The Morgan fingerprint density at radius 2 is 2.06 bits per heavy atom. The molecule has 5 nitrogen and oxygen atoms in total. The topological polar surface area (TPSA) is 55.6 Å². The summed E-state index contributed by atoms with van der Waals surface area (Å²) in [7, 11) is 1.98. The largest absolute Gasteiger partial charge is 0.354 e. The van der Waals surface area contributed by atoms with Crippen LogP contribution < -0.4 is 5.32 Å². The molecule has 0 saturated carbocycles. The second-order valence-corrected chi connectivity index (χ2v) is 4.27. The molecule has 84 valence electrons. The van der Waals surface area contributed by atoms with Crippen molar-refractivity contribution in [3.05, 3.63) is 35.1 Å². The van der Waals surface area contributed by atoms with E-state index in [2.05, 4.69) is 36.2 Å². The zero-order chi connectivity index (χ0) is 11.4. The average molecular weight is 282 g/mol. The lowest BCUT2D eigenvalue weighted by Gasteiger charge is -2.04. The van der Waals surface area contributed by atoms with Crippen molar-refractivity contribution in [1.82, 2.24) is 19.5 Å². The highest BCUT2D eigenvalue weighted by Crippen LogP contribution is 2.06. The number of imidazole rings is 1. The van der Waals surface area contributed by atoms with Crippen LogP contribution >= 0.6 is 15.9 Å². The Bertz CT molecular complexity index is 450. The van der Waals surface area contributed by atoms with Gasteiger partial charge in [0, 0.05) is 44.8 Å². The minimum absolute atomic E-state index is 0.636. The van der Waals surface area contributed by atoms with Crippen molar-refractivity contribution < 1.29 is 0 Å². The van der Waals surface area contributed by atoms with Gasteiger partial charge in [0.05, 0.1) is 4.47 Å². The van der Waals surface area contributed by atoms with Crippen LogP contribution in [0.25, 0.3) is 0 Å². The molecule has 2 rings (SSSR count). The first-order valence-corrected chi connectivity index (χ1v) is 5.72. The number of nitrogens with one attached hydrogen (secondary N) is 1. The molecule has 0 fully saturated rings. The molecule has 2 aromatic rings. The van der Waals surface area contributed by atoms with Crippen molar-refractivity contribution in [3.63, 3.8) is 0 Å². The highest BCUT2D eigenvalue weighted by molar-refractivity contribution is 9.10. The first-order chi connectivity index (χ1) is 7.75. The zero-order valence-electron chi connectivity index (χ0n) is 8.89. The second kappa shape index (κ2) is 5.07. The molecule has 2 aromatic heterocycles. The van der Waals surface area contributed by atoms with Gasteiger partial charge in [0.2, 0.25) is 5.95 Å². The third-order valence-electron chi connectivity index (χ3n) is 2.17. The second-order valence-electron chi connectivity index (χ2n) is 3.36. The van der Waals surface area contributed by atoms with Gasteiger partial charge in [-0.15, -0.1) is 0 Å². The number of aryl methyl sites for hydroxylation is 1. The van der Waals surface area contributed by atoms with E-state index in [0.29, 0.717) is 5.95 Å². The summed E-state index contributed by atoms with van der Waals surface area (Å²) in [6.07, 6.45) is 8.02. The summed E-state index contributed by atoms with van der Waals surface area (Å²) < 4.78 is 2.88. The maximum absolute atomic E-state index is 4.24. The van der Waals surface area contributed by atoms with Gasteiger partial charge in [0.1, 0.15) is 5.82 Å². The van der Waals surface area contributed by atoms with Crippen LogP contribution in [0.5, 0.6) is 0 Å². The van der Waals surface area contributed by atoms with Gasteiger partial charge in [-0.05, 0) is 15.9 Å². The molecule has 0 aromatic carbocycles. The van der Waals surface area contributed by atoms with Gasteiger partial charge in [-0.1, -0.05) is 0 Å². The number of hydrogen-bond acceptors (Lipinski definition) is 4. The molecular weight excluding hydrogens is 270 g/mol. The molecular formula is C10H12BrN5. The van der Waals surface area contributed by atoms with Crippen molar-refractivity contribution in [3.8, 4) is 0 Å². The monoisotopic (exact) mass is 281 g/mol. The van der Waals surface area contributed by atoms with E-state index in [1.165, 1.54) is 0 Å². The molecule has 0 saturated heterocycles. The molecule has 0 aliphatic rings. The van der Waals surface area contributed by atoms with Crippen LogP contribution in [0.3, 0.4) is 0 Å². The van der Waals surface area contributed by atoms with Gasteiger partial charge in [-0.2, -0.15) is 0 Å². The van der Waals surface area contributed by atoms with E-state index >= 15 is 0 Å². The van der Waals surface area contributed by atoms with Crippen molar-refractivity contribution in [2.24, 2.45) is 7.05 Å². The van der Waals surface area contributed by atoms with E-state index < -0.39 is 0 Å². The number of aromatic nitrogens is 4. The fourth-order valence-electron chi connectivity index (χ4n) is 1.33. The highest BCUT2D eigenvalue weighted by atomic mass is 79.9. The molecule has 6 heteroatoms. The minimum Gasteiger partial charge on any atom is -0.354 e.